The van der Waals surface area contributed by atoms with E-state index in [2.05, 4.69) is 0 Å². The van der Waals surface area contributed by atoms with E-state index in [0.717, 1.165) is 5.57 Å². The molecule has 0 saturated carbocycles. The first kappa shape index (κ1) is 11.2. The van der Waals surface area contributed by atoms with Crippen LogP contribution in [0.4, 0.5) is 4.39 Å². The van der Waals surface area contributed by atoms with Crippen LogP contribution in [0.3, 0.4) is 0 Å². The third-order valence-electron chi connectivity index (χ3n) is 1.58. The summed E-state index contributed by atoms with van der Waals surface area (Å²) in [5, 5.41) is 0. The van der Waals surface area contributed by atoms with Crippen molar-refractivity contribution in [3.8, 4) is 0 Å². The van der Waals surface area contributed by atoms with Gasteiger partial charge in [0.05, 0.1) is 0 Å². The van der Waals surface area contributed by atoms with Gasteiger partial charge in [0, 0.05) is 20.3 Å². The Morgan fingerprint density at radius 2 is 1.83 bits per heavy atom. The predicted octanol–water partition coefficient (Wildman–Crippen LogP) is 2.96. The van der Waals surface area contributed by atoms with Gasteiger partial charge in [0.1, 0.15) is 5.83 Å². The van der Waals surface area contributed by atoms with Crippen LogP contribution in [0.5, 0.6) is 0 Å². The molecule has 0 bridgehead atoms. The maximum Gasteiger partial charge on any atom is 0.142 e. The molecule has 0 unspecified atom stereocenters. The van der Waals surface area contributed by atoms with Crippen molar-refractivity contribution in [3.05, 3.63) is 23.7 Å². The Balaban J connectivity index is 4.55. The summed E-state index contributed by atoms with van der Waals surface area (Å²) in [6, 6.07) is 0. The fourth-order valence-corrected chi connectivity index (χ4v) is 1.05. The lowest BCUT2D eigenvalue weighted by molar-refractivity contribution is 0.515. The van der Waals surface area contributed by atoms with Gasteiger partial charge >= 0.3 is 0 Å². The zero-order valence-corrected chi connectivity index (χ0v) is 8.56. The molecule has 0 radical (unpaired) electrons. The van der Waals surface area contributed by atoms with E-state index < -0.39 is 0 Å². The zero-order chi connectivity index (χ0) is 9.72. The van der Waals surface area contributed by atoms with Crippen LogP contribution in [0.2, 0.25) is 0 Å². The first-order valence-electron chi connectivity index (χ1n) is 4.19. The van der Waals surface area contributed by atoms with Gasteiger partial charge in [0.15, 0.2) is 0 Å². The molecule has 70 valence electrons. The van der Waals surface area contributed by atoms with E-state index in [-0.39, 0.29) is 11.7 Å². The highest BCUT2D eigenvalue weighted by Gasteiger charge is 2.07. The van der Waals surface area contributed by atoms with E-state index in [1.807, 2.05) is 40.9 Å². The van der Waals surface area contributed by atoms with Gasteiger partial charge in [-0.1, -0.05) is 19.9 Å². The van der Waals surface area contributed by atoms with Crippen LogP contribution >= 0.6 is 0 Å². The second kappa shape index (κ2) is 4.96. The van der Waals surface area contributed by atoms with Gasteiger partial charge in [-0.2, -0.15) is 0 Å². The summed E-state index contributed by atoms with van der Waals surface area (Å²) in [6.45, 7) is 5.83. The van der Waals surface area contributed by atoms with Crippen LogP contribution in [-0.4, -0.2) is 19.0 Å². The molecule has 1 nitrogen and oxygen atoms in total. The fraction of sp³-hybridized carbons (Fsp3) is 0.600. The van der Waals surface area contributed by atoms with E-state index >= 15 is 0 Å². The zero-order valence-electron chi connectivity index (χ0n) is 8.56. The molecule has 0 N–H and O–H groups in total. The van der Waals surface area contributed by atoms with Crippen LogP contribution in [-0.2, 0) is 0 Å². The Bertz CT molecular complexity index is 190. The average molecular weight is 171 g/mol. The molecule has 0 aromatic carbocycles. The van der Waals surface area contributed by atoms with Crippen LogP contribution in [0.25, 0.3) is 0 Å². The molecular weight excluding hydrogens is 153 g/mol. The summed E-state index contributed by atoms with van der Waals surface area (Å²) in [5.41, 5.74) is 0.767. The summed E-state index contributed by atoms with van der Waals surface area (Å²) in [4.78, 5) is 1.71. The highest BCUT2D eigenvalue weighted by molar-refractivity contribution is 5.25. The molecule has 0 heterocycles. The third kappa shape index (κ3) is 3.56. The van der Waals surface area contributed by atoms with Crippen molar-refractivity contribution in [1.82, 2.24) is 4.90 Å². The summed E-state index contributed by atoms with van der Waals surface area (Å²) in [7, 11) is 3.63. The van der Waals surface area contributed by atoms with Gasteiger partial charge in [-0.3, -0.25) is 0 Å². The predicted molar refractivity (Wildman–Crippen MR) is 51.5 cm³/mol. The van der Waals surface area contributed by atoms with Crippen molar-refractivity contribution >= 4 is 0 Å². The second-order valence-electron chi connectivity index (χ2n) is 3.34. The molecule has 0 aliphatic heterocycles. The van der Waals surface area contributed by atoms with Gasteiger partial charge in [-0.15, -0.1) is 0 Å². The van der Waals surface area contributed by atoms with Gasteiger partial charge in [-0.05, 0) is 18.4 Å². The topological polar surface area (TPSA) is 3.24 Å². The highest BCUT2D eigenvalue weighted by atomic mass is 19.1. The number of allylic oxidation sites excluding steroid dienone is 3. The van der Waals surface area contributed by atoms with E-state index in [0.29, 0.717) is 0 Å². The van der Waals surface area contributed by atoms with Gasteiger partial charge in [0.25, 0.3) is 0 Å². The van der Waals surface area contributed by atoms with E-state index in [9.17, 15) is 4.39 Å². The lowest BCUT2D eigenvalue weighted by atomic mass is 10.0. The maximum atomic E-state index is 13.3. The lowest BCUT2D eigenvalue weighted by Gasteiger charge is -2.11. The molecule has 0 amide bonds. The summed E-state index contributed by atoms with van der Waals surface area (Å²) >= 11 is 0. The van der Waals surface area contributed by atoms with E-state index in [1.165, 1.54) is 6.20 Å². The molecule has 0 aromatic heterocycles. The molecule has 0 aliphatic carbocycles. The number of nitrogens with zero attached hydrogens (tertiary/aromatic N) is 1. The van der Waals surface area contributed by atoms with E-state index in [4.69, 9.17) is 0 Å². The fourth-order valence-electron chi connectivity index (χ4n) is 1.05. The number of hydrogen-bond acceptors (Lipinski definition) is 1. The summed E-state index contributed by atoms with van der Waals surface area (Å²) < 4.78 is 13.3. The monoisotopic (exact) mass is 171 g/mol. The van der Waals surface area contributed by atoms with Crippen LogP contribution in [0.15, 0.2) is 23.7 Å². The molecule has 0 fully saturated rings. The summed E-state index contributed by atoms with van der Waals surface area (Å²) in [5.74, 6) is 0.101. The molecule has 0 aliphatic rings. The third-order valence-corrected chi connectivity index (χ3v) is 1.58. The minimum Gasteiger partial charge on any atom is -0.381 e. The maximum absolute atomic E-state index is 13.3. The highest BCUT2D eigenvalue weighted by Crippen LogP contribution is 2.20. The Morgan fingerprint density at radius 1 is 1.33 bits per heavy atom. The Hall–Kier alpha value is -0.790. The van der Waals surface area contributed by atoms with Crippen molar-refractivity contribution in [2.45, 2.75) is 20.8 Å². The van der Waals surface area contributed by atoms with Crippen molar-refractivity contribution in [3.63, 3.8) is 0 Å². The van der Waals surface area contributed by atoms with Gasteiger partial charge in [-0.25, -0.2) is 4.39 Å². The molecule has 0 saturated heterocycles. The van der Waals surface area contributed by atoms with Crippen molar-refractivity contribution in [2.24, 2.45) is 5.92 Å². The van der Waals surface area contributed by atoms with Gasteiger partial charge < -0.3 is 4.90 Å². The Labute approximate surface area is 74.6 Å². The molecule has 0 aromatic rings. The first-order chi connectivity index (χ1) is 5.49. The van der Waals surface area contributed by atoms with E-state index in [1.54, 1.807) is 4.90 Å². The SMILES string of the molecule is C/C=C(\C(F)=C/N(C)C)C(C)C. The molecule has 0 spiro atoms. The van der Waals surface area contributed by atoms with Crippen molar-refractivity contribution < 1.29 is 4.39 Å². The molecular formula is C10H18FN. The van der Waals surface area contributed by atoms with Crippen LogP contribution < -0.4 is 0 Å². The van der Waals surface area contributed by atoms with Crippen LogP contribution in [0, 0.1) is 5.92 Å². The minimum atomic E-state index is -0.141. The first-order valence-corrected chi connectivity index (χ1v) is 4.19. The number of hydrogen-bond donors (Lipinski definition) is 0. The van der Waals surface area contributed by atoms with Crippen molar-refractivity contribution in [2.75, 3.05) is 14.1 Å². The average Bonchev–Trinajstić information content (AvgIpc) is 1.85. The smallest absolute Gasteiger partial charge is 0.142 e. The molecule has 12 heavy (non-hydrogen) atoms. The standard InChI is InChI=1S/C10H18FN/c1-6-9(8(2)3)10(11)7-12(4)5/h6-8H,1-5H3/b9-6-,10-7+. The lowest BCUT2D eigenvalue weighted by Crippen LogP contribution is -2.04. The second-order valence-corrected chi connectivity index (χ2v) is 3.34. The van der Waals surface area contributed by atoms with Gasteiger partial charge in [0.2, 0.25) is 0 Å². The largest absolute Gasteiger partial charge is 0.381 e. The molecule has 0 atom stereocenters. The van der Waals surface area contributed by atoms with Crippen LogP contribution in [0.1, 0.15) is 20.8 Å². The Kier molecular flexibility index (Phi) is 4.64. The number of rotatable bonds is 3. The Morgan fingerprint density at radius 3 is 2.08 bits per heavy atom. The number of halogens is 1. The quantitative estimate of drug-likeness (QED) is 0.590. The molecule has 0 rings (SSSR count). The summed E-state index contributed by atoms with van der Waals surface area (Å²) in [6.07, 6.45) is 3.31. The minimum absolute atomic E-state index is 0.141. The molecule has 2 heteroatoms. The normalized spacial score (nSPS) is 13.9. The van der Waals surface area contributed by atoms with Crippen molar-refractivity contribution in [1.29, 1.82) is 0 Å².